The number of amides is 3. The Labute approximate surface area is 180 Å². The highest BCUT2D eigenvalue weighted by Gasteiger charge is 2.11. The summed E-state index contributed by atoms with van der Waals surface area (Å²) in [6.07, 6.45) is 0.0521. The number of carbonyl (C=O) groups excluding carboxylic acids is 2. The van der Waals surface area contributed by atoms with Crippen molar-refractivity contribution in [3.8, 4) is 0 Å². The highest BCUT2D eigenvalue weighted by atomic mass is 32.2. The average Bonchev–Trinajstić information content (AvgIpc) is 2.71. The quantitative estimate of drug-likeness (QED) is 0.469. The Morgan fingerprint density at radius 2 is 1.48 bits per heavy atom. The van der Waals surface area contributed by atoms with E-state index in [1.807, 2.05) is 25.1 Å². The molecule has 0 aromatic heterocycles. The molecule has 0 saturated carbocycles. The van der Waals surface area contributed by atoms with Crippen molar-refractivity contribution >= 4 is 39.0 Å². The molecular weight excluding hydrogens is 416 g/mol. The van der Waals surface area contributed by atoms with E-state index in [4.69, 9.17) is 5.14 Å². The van der Waals surface area contributed by atoms with Gasteiger partial charge >= 0.3 is 6.03 Å². The molecule has 0 spiro atoms. The van der Waals surface area contributed by atoms with Crippen LogP contribution in [0, 0.1) is 6.92 Å². The Morgan fingerprint density at radius 3 is 2.13 bits per heavy atom. The number of nitrogens with two attached hydrogens (primary N) is 1. The van der Waals surface area contributed by atoms with Crippen LogP contribution in [0.1, 0.15) is 11.1 Å². The van der Waals surface area contributed by atoms with Crippen molar-refractivity contribution in [3.05, 3.63) is 83.9 Å². The number of rotatable bonds is 6. The van der Waals surface area contributed by atoms with E-state index < -0.39 is 16.1 Å². The van der Waals surface area contributed by atoms with E-state index in [2.05, 4.69) is 16.0 Å². The number of primary sulfonamides is 1. The summed E-state index contributed by atoms with van der Waals surface area (Å²) in [6, 6.07) is 19.6. The number of sulfonamides is 1. The van der Waals surface area contributed by atoms with Crippen LogP contribution in [0.2, 0.25) is 0 Å². The zero-order valence-electron chi connectivity index (χ0n) is 16.8. The van der Waals surface area contributed by atoms with E-state index >= 15 is 0 Å². The molecule has 3 aromatic carbocycles. The molecule has 0 aliphatic carbocycles. The molecule has 0 bridgehead atoms. The summed E-state index contributed by atoms with van der Waals surface area (Å²) in [5, 5.41) is 13.3. The van der Waals surface area contributed by atoms with Crippen LogP contribution in [0.25, 0.3) is 0 Å². The van der Waals surface area contributed by atoms with Crippen LogP contribution in [0.15, 0.2) is 77.7 Å². The first kappa shape index (κ1) is 22.0. The third-order valence-corrected chi connectivity index (χ3v) is 5.35. The summed E-state index contributed by atoms with van der Waals surface area (Å²) in [4.78, 5) is 24.6. The first-order valence-electron chi connectivity index (χ1n) is 9.36. The first-order valence-corrected chi connectivity index (χ1v) is 10.9. The maximum Gasteiger partial charge on any atom is 0.323 e. The molecule has 9 heteroatoms. The Hall–Kier alpha value is -3.69. The van der Waals surface area contributed by atoms with Crippen molar-refractivity contribution in [1.82, 2.24) is 0 Å². The van der Waals surface area contributed by atoms with Gasteiger partial charge in [0.15, 0.2) is 0 Å². The van der Waals surface area contributed by atoms with Crippen LogP contribution in [0.4, 0.5) is 21.9 Å². The summed E-state index contributed by atoms with van der Waals surface area (Å²) < 4.78 is 22.6. The molecule has 5 N–H and O–H groups in total. The lowest BCUT2D eigenvalue weighted by atomic mass is 10.1. The van der Waals surface area contributed by atoms with E-state index in [1.165, 1.54) is 24.3 Å². The Morgan fingerprint density at radius 1 is 0.839 bits per heavy atom. The number of hydrogen-bond acceptors (Lipinski definition) is 4. The summed E-state index contributed by atoms with van der Waals surface area (Å²) in [5.74, 6) is -0.280. The Bertz CT molecular complexity index is 1190. The van der Waals surface area contributed by atoms with Gasteiger partial charge in [0.05, 0.1) is 11.3 Å². The fourth-order valence-electron chi connectivity index (χ4n) is 2.83. The maximum atomic E-state index is 12.4. The summed E-state index contributed by atoms with van der Waals surface area (Å²) in [5.41, 5.74) is 3.20. The maximum absolute atomic E-state index is 12.4. The molecule has 31 heavy (non-hydrogen) atoms. The smallest absolute Gasteiger partial charge is 0.323 e. The zero-order valence-corrected chi connectivity index (χ0v) is 17.6. The van der Waals surface area contributed by atoms with Crippen LogP contribution in [-0.4, -0.2) is 20.4 Å². The third-order valence-electron chi connectivity index (χ3n) is 4.42. The monoisotopic (exact) mass is 438 g/mol. The highest BCUT2D eigenvalue weighted by molar-refractivity contribution is 7.89. The van der Waals surface area contributed by atoms with Gasteiger partial charge in [-0.05, 0) is 54.4 Å². The van der Waals surface area contributed by atoms with Crippen molar-refractivity contribution in [1.29, 1.82) is 0 Å². The Balaban J connectivity index is 1.63. The zero-order chi connectivity index (χ0) is 22.4. The fraction of sp³-hybridized carbons (Fsp3) is 0.0909. The minimum atomic E-state index is -3.78. The molecule has 0 radical (unpaired) electrons. The predicted molar refractivity (Wildman–Crippen MR) is 120 cm³/mol. The SMILES string of the molecule is Cc1ccc(NC(=O)Nc2ccccc2)cc1NC(=O)Cc1ccc(S(N)(=O)=O)cc1. The minimum Gasteiger partial charge on any atom is -0.325 e. The lowest BCUT2D eigenvalue weighted by Crippen LogP contribution is -2.20. The Kier molecular flexibility index (Phi) is 6.68. The number of carbonyl (C=O) groups is 2. The number of aryl methyl sites for hydroxylation is 1. The van der Waals surface area contributed by atoms with Gasteiger partial charge < -0.3 is 16.0 Å². The molecule has 3 amide bonds. The van der Waals surface area contributed by atoms with Crippen LogP contribution >= 0.6 is 0 Å². The van der Waals surface area contributed by atoms with Crippen LogP contribution < -0.4 is 21.1 Å². The second-order valence-corrected chi connectivity index (χ2v) is 8.45. The van der Waals surface area contributed by atoms with Crippen LogP contribution in [0.3, 0.4) is 0 Å². The van der Waals surface area contributed by atoms with Crippen molar-refractivity contribution in [3.63, 3.8) is 0 Å². The lowest BCUT2D eigenvalue weighted by Gasteiger charge is -2.12. The largest absolute Gasteiger partial charge is 0.325 e. The molecule has 0 heterocycles. The molecule has 3 aromatic rings. The summed E-state index contributed by atoms with van der Waals surface area (Å²) in [6.45, 7) is 1.84. The molecule has 0 aliphatic heterocycles. The molecular formula is C22H22N4O4S. The molecule has 0 saturated heterocycles. The summed E-state index contributed by atoms with van der Waals surface area (Å²) >= 11 is 0. The standard InChI is InChI=1S/C22H22N4O4S/c1-15-7-10-18(25-22(28)24-17-5-3-2-4-6-17)14-20(15)26-21(27)13-16-8-11-19(12-9-16)31(23,29)30/h2-12,14H,13H2,1H3,(H,26,27)(H2,23,29,30)(H2,24,25,28). The van der Waals surface area contributed by atoms with E-state index in [1.54, 1.807) is 30.3 Å². The van der Waals surface area contributed by atoms with E-state index in [9.17, 15) is 18.0 Å². The molecule has 0 aliphatic rings. The van der Waals surface area contributed by atoms with Gasteiger partial charge in [0, 0.05) is 17.1 Å². The molecule has 0 fully saturated rings. The van der Waals surface area contributed by atoms with Gasteiger partial charge in [-0.1, -0.05) is 36.4 Å². The van der Waals surface area contributed by atoms with Gasteiger partial charge in [0.1, 0.15) is 0 Å². The molecule has 0 unspecified atom stereocenters. The number of para-hydroxylation sites is 1. The van der Waals surface area contributed by atoms with Crippen molar-refractivity contribution in [2.24, 2.45) is 5.14 Å². The van der Waals surface area contributed by atoms with E-state index in [0.29, 0.717) is 22.6 Å². The lowest BCUT2D eigenvalue weighted by molar-refractivity contribution is -0.115. The fourth-order valence-corrected chi connectivity index (χ4v) is 3.34. The van der Waals surface area contributed by atoms with Crippen molar-refractivity contribution in [2.45, 2.75) is 18.2 Å². The van der Waals surface area contributed by atoms with E-state index in [0.717, 1.165) is 5.56 Å². The molecule has 160 valence electrons. The molecule has 3 rings (SSSR count). The molecule has 0 atom stereocenters. The van der Waals surface area contributed by atoms with Gasteiger partial charge in [0.25, 0.3) is 0 Å². The van der Waals surface area contributed by atoms with Crippen LogP contribution in [0.5, 0.6) is 0 Å². The first-order chi connectivity index (χ1) is 14.7. The third kappa shape index (κ3) is 6.39. The van der Waals surface area contributed by atoms with Crippen molar-refractivity contribution < 1.29 is 18.0 Å². The highest BCUT2D eigenvalue weighted by Crippen LogP contribution is 2.21. The van der Waals surface area contributed by atoms with Crippen LogP contribution in [-0.2, 0) is 21.2 Å². The average molecular weight is 439 g/mol. The van der Waals surface area contributed by atoms with Gasteiger partial charge in [-0.15, -0.1) is 0 Å². The van der Waals surface area contributed by atoms with Gasteiger partial charge in [-0.2, -0.15) is 0 Å². The van der Waals surface area contributed by atoms with Crippen molar-refractivity contribution in [2.75, 3.05) is 16.0 Å². The van der Waals surface area contributed by atoms with Gasteiger partial charge in [0.2, 0.25) is 15.9 Å². The number of anilines is 3. The minimum absolute atomic E-state index is 0.0138. The second-order valence-electron chi connectivity index (χ2n) is 6.89. The number of hydrogen-bond donors (Lipinski definition) is 4. The van der Waals surface area contributed by atoms with Gasteiger partial charge in [-0.3, -0.25) is 4.79 Å². The molecule has 8 nitrogen and oxygen atoms in total. The summed E-state index contributed by atoms with van der Waals surface area (Å²) in [7, 11) is -3.78. The number of benzene rings is 3. The topological polar surface area (TPSA) is 130 Å². The normalized spacial score (nSPS) is 10.9. The number of nitrogens with one attached hydrogen (secondary N) is 3. The number of urea groups is 1. The predicted octanol–water partition coefficient (Wildman–Crippen LogP) is 3.47. The second kappa shape index (κ2) is 9.41. The van der Waals surface area contributed by atoms with Gasteiger partial charge in [-0.25, -0.2) is 18.4 Å². The van der Waals surface area contributed by atoms with E-state index in [-0.39, 0.29) is 17.2 Å².